The molecule has 0 amide bonds. The molecule has 0 aromatic heterocycles. The molecule has 15 nitrogen and oxygen atoms in total. The fourth-order valence-corrected chi connectivity index (χ4v) is 10.9. The number of nitro groups is 1. The van der Waals surface area contributed by atoms with Gasteiger partial charge in [-0.3, -0.25) is 10.1 Å². The molecule has 10 rings (SSSR count). The molecule has 0 aliphatic carbocycles. The van der Waals surface area contributed by atoms with Gasteiger partial charge in [-0.15, -0.1) is 0 Å². The molecule has 0 saturated carbocycles. The summed E-state index contributed by atoms with van der Waals surface area (Å²) >= 11 is 6.01. The first-order chi connectivity index (χ1) is 42.4. The summed E-state index contributed by atoms with van der Waals surface area (Å²) in [5.74, 6) is 0.325. The van der Waals surface area contributed by atoms with E-state index in [0.717, 1.165) is 38.9 Å². The summed E-state index contributed by atoms with van der Waals surface area (Å²) in [6.07, 6.45) is -13.5. The smallest absolute Gasteiger partial charge is 0.358 e. The third-order valence-electron chi connectivity index (χ3n) is 15.0. The van der Waals surface area contributed by atoms with Crippen molar-refractivity contribution >= 4 is 17.5 Å². The lowest BCUT2D eigenvalue weighted by Crippen LogP contribution is -2.70. The van der Waals surface area contributed by atoms with Crippen LogP contribution in [0.4, 0.5) is 0 Å². The van der Waals surface area contributed by atoms with E-state index in [4.69, 9.17) is 69.1 Å². The van der Waals surface area contributed by atoms with Gasteiger partial charge >= 0.3 is 5.24 Å². The van der Waals surface area contributed by atoms with E-state index in [1.54, 1.807) is 24.3 Å². The van der Waals surface area contributed by atoms with Crippen LogP contribution in [0, 0.1) is 10.1 Å². The summed E-state index contributed by atoms with van der Waals surface area (Å²) in [6.45, 7) is 0.573. The largest absolute Gasteiger partial charge is 0.443 e. The third-order valence-corrected chi connectivity index (χ3v) is 15.1. The Morgan fingerprint density at radius 2 is 0.756 bits per heavy atom. The van der Waals surface area contributed by atoms with Crippen molar-refractivity contribution in [3.8, 4) is 5.75 Å². The van der Waals surface area contributed by atoms with Gasteiger partial charge in [0.25, 0.3) is 6.04 Å². The highest BCUT2D eigenvalue weighted by molar-refractivity contribution is 7.79. The quantitative estimate of drug-likeness (QED) is 0.0248. The lowest BCUT2D eigenvalue weighted by Gasteiger charge is -2.50. The van der Waals surface area contributed by atoms with Gasteiger partial charge in [-0.05, 0) is 51.1 Å². The van der Waals surface area contributed by atoms with E-state index >= 15 is 0 Å². The highest BCUT2D eigenvalue weighted by Crippen LogP contribution is 2.39. The van der Waals surface area contributed by atoms with Crippen molar-refractivity contribution < 1.29 is 61.8 Å². The van der Waals surface area contributed by atoms with Crippen molar-refractivity contribution in [1.29, 1.82) is 0 Å². The monoisotopic (exact) mass is 1180 g/mol. The van der Waals surface area contributed by atoms with Crippen LogP contribution in [0.1, 0.15) is 38.9 Å². The Bertz CT molecular complexity index is 3220. The minimum Gasteiger partial charge on any atom is -0.443 e. The number of benzene rings is 8. The molecule has 2 heterocycles. The summed E-state index contributed by atoms with van der Waals surface area (Å²) in [7, 11) is 1.46. The summed E-state index contributed by atoms with van der Waals surface area (Å²) in [5, 5.41) is 14.5. The van der Waals surface area contributed by atoms with Gasteiger partial charge in [-0.25, -0.2) is 0 Å². The first-order valence-corrected chi connectivity index (χ1v) is 29.2. The number of hydrogen-bond donors (Lipinski definition) is 0. The molecular formula is C70H71NO14S. The standard InChI is InChI=1S/C70H71NO14S/c1-74-69-68(81-48-56-38-22-8-23-39-56)66(80-47-55-36-20-7-21-37-55)64(78-45-53-32-16-5-17-33-53)61(84-69)59(71(72)73)62(85-70(86)82-57-40-24-9-25-41-57)67-65(79-46-54-34-18-6-19-35-54)63(77-44-52-30-14-4-15-31-52)60(76-43-51-28-12-3-13-29-51)58(83-67)49-75-42-50-26-10-2-11-27-50/h2-41,58-69H,42-49H2,1H3/t58-,59?,60+,61-,62?,63+,64-,65-,66+,67+,68-,69+/m1/s1. The van der Waals surface area contributed by atoms with Crippen molar-refractivity contribution in [2.45, 2.75) is 120 Å². The van der Waals surface area contributed by atoms with Gasteiger partial charge < -0.3 is 56.8 Å². The summed E-state index contributed by atoms with van der Waals surface area (Å²) in [6, 6.07) is 74.4. The van der Waals surface area contributed by atoms with Crippen LogP contribution in [-0.4, -0.2) is 97.2 Å². The Kier molecular flexibility index (Phi) is 23.1. The molecule has 0 bridgehead atoms. The molecule has 2 unspecified atom stereocenters. The van der Waals surface area contributed by atoms with Gasteiger partial charge in [0.2, 0.25) is 6.10 Å². The predicted molar refractivity (Wildman–Crippen MR) is 326 cm³/mol. The third kappa shape index (κ3) is 17.3. The van der Waals surface area contributed by atoms with Crippen LogP contribution in [0.3, 0.4) is 0 Å². The van der Waals surface area contributed by atoms with Crippen molar-refractivity contribution in [1.82, 2.24) is 0 Å². The fraction of sp³-hybridized carbons (Fsp3) is 0.300. The van der Waals surface area contributed by atoms with Gasteiger partial charge in [-0.2, -0.15) is 0 Å². The molecule has 0 spiro atoms. The van der Waals surface area contributed by atoms with Crippen LogP contribution in [0.5, 0.6) is 5.75 Å². The maximum Gasteiger partial charge on any atom is 0.358 e. The predicted octanol–water partition coefficient (Wildman–Crippen LogP) is 12.2. The summed E-state index contributed by atoms with van der Waals surface area (Å²) in [5.41, 5.74) is 5.96. The molecule has 8 aromatic carbocycles. The SMILES string of the molecule is CO[C@H]1O[C@H](C(C(OC(=S)Oc2ccccc2)[C@@H]2O[C@H](COCc3ccccc3)[C@H](OCc3ccccc3)[C@H](OCc3ccccc3)[C@H]2OCc2ccccc2)[N+](=O)[O-])[C@@H](OCc2ccccc2)[C@H](OCc2ccccc2)[C@H]1OCc1ccccc1. The number of nitrogens with zero attached hydrogens (tertiary/aromatic N) is 1. The van der Waals surface area contributed by atoms with E-state index in [1.165, 1.54) is 7.11 Å². The van der Waals surface area contributed by atoms with Crippen molar-refractivity contribution in [2.24, 2.45) is 0 Å². The number of rotatable bonds is 29. The van der Waals surface area contributed by atoms with Gasteiger partial charge in [0.1, 0.15) is 54.6 Å². The molecule has 12 atom stereocenters. The van der Waals surface area contributed by atoms with Gasteiger partial charge in [-0.1, -0.05) is 231 Å². The maximum absolute atomic E-state index is 14.9. The second kappa shape index (κ2) is 32.3. The average molecular weight is 1180 g/mol. The van der Waals surface area contributed by atoms with E-state index in [9.17, 15) is 10.1 Å². The Balaban J connectivity index is 1.12. The number of methoxy groups -OCH3 is 1. The van der Waals surface area contributed by atoms with Gasteiger partial charge in [0, 0.05) is 24.3 Å². The number of thiocarbonyl (C=S) groups is 1. The zero-order valence-corrected chi connectivity index (χ0v) is 48.6. The van der Waals surface area contributed by atoms with Crippen LogP contribution in [-0.2, 0) is 98.4 Å². The lowest BCUT2D eigenvalue weighted by molar-refractivity contribution is -0.561. The summed E-state index contributed by atoms with van der Waals surface area (Å²) < 4.78 is 82.5. The molecule has 0 N–H and O–H groups in total. The van der Waals surface area contributed by atoms with Crippen LogP contribution in [0.2, 0.25) is 0 Å². The number of ether oxygens (including phenoxy) is 12. The molecule has 8 aromatic rings. The van der Waals surface area contributed by atoms with Crippen molar-refractivity contribution in [3.05, 3.63) is 292 Å². The van der Waals surface area contributed by atoms with Gasteiger partial charge in [0.15, 0.2) is 12.4 Å². The Morgan fingerprint density at radius 1 is 0.430 bits per heavy atom. The van der Waals surface area contributed by atoms with E-state index < -0.39 is 83.5 Å². The fourth-order valence-electron chi connectivity index (χ4n) is 10.7. The molecule has 2 aliphatic rings. The highest BCUT2D eigenvalue weighted by Gasteiger charge is 2.62. The highest BCUT2D eigenvalue weighted by atomic mass is 32.1. The molecular weight excluding hydrogens is 1110 g/mol. The Hall–Kier alpha value is -7.55. The molecule has 446 valence electrons. The Labute approximate surface area is 507 Å². The topological polar surface area (TPSA) is 154 Å². The average Bonchev–Trinajstić information content (AvgIpc) is 0.992. The van der Waals surface area contributed by atoms with E-state index in [1.807, 2.05) is 218 Å². The second-order valence-corrected chi connectivity index (χ2v) is 21.3. The van der Waals surface area contributed by atoms with Crippen molar-refractivity contribution in [3.63, 3.8) is 0 Å². The Morgan fingerprint density at radius 3 is 1.14 bits per heavy atom. The first-order valence-electron chi connectivity index (χ1n) is 28.8. The van der Waals surface area contributed by atoms with Crippen LogP contribution >= 0.6 is 12.2 Å². The lowest BCUT2D eigenvalue weighted by atomic mass is 9.84. The molecule has 86 heavy (non-hydrogen) atoms. The van der Waals surface area contributed by atoms with Crippen LogP contribution < -0.4 is 4.74 Å². The number of hydrogen-bond acceptors (Lipinski definition) is 15. The molecule has 2 saturated heterocycles. The molecule has 2 aliphatic heterocycles. The minimum absolute atomic E-state index is 0.00942. The van der Waals surface area contributed by atoms with E-state index in [2.05, 4.69) is 0 Å². The van der Waals surface area contributed by atoms with Crippen LogP contribution in [0.15, 0.2) is 243 Å². The van der Waals surface area contributed by atoms with Crippen LogP contribution in [0.25, 0.3) is 0 Å². The van der Waals surface area contributed by atoms with E-state index in [0.29, 0.717) is 5.75 Å². The zero-order valence-electron chi connectivity index (χ0n) is 47.8. The first kappa shape index (κ1) is 61.5. The maximum atomic E-state index is 14.9. The summed E-state index contributed by atoms with van der Waals surface area (Å²) in [4.78, 5) is 14.5. The normalized spacial score (nSPS) is 22.7. The number of para-hydroxylation sites is 1. The van der Waals surface area contributed by atoms with Gasteiger partial charge in [0.05, 0.1) is 52.9 Å². The molecule has 0 radical (unpaired) electrons. The molecule has 16 heteroatoms. The van der Waals surface area contributed by atoms with Crippen molar-refractivity contribution in [2.75, 3.05) is 13.7 Å². The zero-order chi connectivity index (χ0) is 59.1. The second-order valence-electron chi connectivity index (χ2n) is 20.9. The minimum atomic E-state index is -1.95. The van der Waals surface area contributed by atoms with E-state index in [-0.39, 0.29) is 52.9 Å². The molecule has 2 fully saturated rings.